The second-order valence-electron chi connectivity index (χ2n) is 17.5. The van der Waals surface area contributed by atoms with Gasteiger partial charge in [-0.2, -0.15) is 5.26 Å². The van der Waals surface area contributed by atoms with E-state index in [1.54, 1.807) is 0 Å². The Hall–Kier alpha value is -7.22. The van der Waals surface area contributed by atoms with Crippen molar-refractivity contribution in [3.05, 3.63) is 187 Å². The molecule has 4 heteroatoms. The molecule has 0 N–H and O–H groups in total. The topological polar surface area (TPSA) is 62.5 Å². The molecule has 0 spiro atoms. The Morgan fingerprint density at radius 3 is 1.41 bits per heavy atom. The van der Waals surface area contributed by atoms with Gasteiger partial charge in [-0.05, 0) is 139 Å². The lowest BCUT2D eigenvalue weighted by molar-refractivity contribution is 0.232. The predicted octanol–water partition coefficient (Wildman–Crippen LogP) is 14.5. The molecule has 9 aromatic rings. The first-order valence-corrected chi connectivity index (χ1v) is 21.6. The lowest BCUT2D eigenvalue weighted by Crippen LogP contribution is -2.30. The van der Waals surface area contributed by atoms with Crippen LogP contribution in [0, 0.1) is 23.2 Å². The molecule has 1 heterocycles. The highest BCUT2D eigenvalue weighted by molar-refractivity contribution is 6.20. The van der Waals surface area contributed by atoms with Crippen LogP contribution in [0.2, 0.25) is 0 Å². The summed E-state index contributed by atoms with van der Waals surface area (Å²) in [4.78, 5) is 15.9. The molecule has 0 radical (unpaired) electrons. The summed E-state index contributed by atoms with van der Waals surface area (Å²) >= 11 is 0. The first-order chi connectivity index (χ1) is 30.0. The first kappa shape index (κ1) is 36.8. The number of hydrogen-bond donors (Lipinski definition) is 0. The molecular formula is C57H44N4. The van der Waals surface area contributed by atoms with Crippen LogP contribution in [0.25, 0.3) is 89.1 Å². The van der Waals surface area contributed by atoms with Crippen molar-refractivity contribution in [1.82, 2.24) is 15.0 Å². The Bertz CT molecular complexity index is 3000. The molecular weight excluding hydrogens is 741 g/mol. The van der Waals surface area contributed by atoms with E-state index in [0.717, 1.165) is 72.3 Å². The van der Waals surface area contributed by atoms with E-state index in [9.17, 15) is 5.26 Å². The number of hydrogen-bond acceptors (Lipinski definition) is 4. The summed E-state index contributed by atoms with van der Waals surface area (Å²) in [6.07, 6.45) is 6.81. The van der Waals surface area contributed by atoms with Crippen LogP contribution in [0.1, 0.15) is 50.2 Å². The summed E-state index contributed by atoms with van der Waals surface area (Å²) in [5.41, 5.74) is 11.8. The highest BCUT2D eigenvalue weighted by atomic mass is 15.0. The van der Waals surface area contributed by atoms with Gasteiger partial charge in [-0.3, -0.25) is 0 Å². The fourth-order valence-electron chi connectivity index (χ4n) is 10.7. The smallest absolute Gasteiger partial charge is 0.165 e. The van der Waals surface area contributed by atoms with E-state index in [1.165, 1.54) is 48.8 Å². The second-order valence-corrected chi connectivity index (χ2v) is 17.5. The fourth-order valence-corrected chi connectivity index (χ4v) is 10.7. The normalized spacial score (nSPS) is 18.3. The van der Waals surface area contributed by atoms with Crippen LogP contribution >= 0.6 is 0 Å². The maximum absolute atomic E-state index is 9.64. The Balaban J connectivity index is 1.12. The Kier molecular flexibility index (Phi) is 9.12. The highest BCUT2D eigenvalue weighted by Crippen LogP contribution is 2.52. The molecule has 292 valence electrons. The van der Waals surface area contributed by atoms with Crippen LogP contribution < -0.4 is 0 Å². The Labute approximate surface area is 357 Å². The molecule has 2 aliphatic carbocycles. The summed E-state index contributed by atoms with van der Waals surface area (Å²) in [5.74, 6) is 3.47. The average molecular weight is 785 g/mol. The van der Waals surface area contributed by atoms with Crippen molar-refractivity contribution in [3.63, 3.8) is 0 Å². The zero-order valence-electron chi connectivity index (χ0n) is 34.2. The number of nitrogens with zero attached hydrogens (tertiary/aromatic N) is 4. The van der Waals surface area contributed by atoms with E-state index in [2.05, 4.69) is 153 Å². The molecule has 2 saturated carbocycles. The van der Waals surface area contributed by atoms with Gasteiger partial charge in [-0.1, -0.05) is 153 Å². The van der Waals surface area contributed by atoms with E-state index in [4.69, 9.17) is 15.0 Å². The fraction of sp³-hybridized carbons (Fsp3) is 0.158. The molecule has 2 bridgehead atoms. The van der Waals surface area contributed by atoms with Gasteiger partial charge in [0.2, 0.25) is 0 Å². The minimum absolute atomic E-state index is 0.238. The zero-order chi connectivity index (χ0) is 40.9. The van der Waals surface area contributed by atoms with Crippen molar-refractivity contribution < 1.29 is 0 Å². The molecule has 1 unspecified atom stereocenters. The third-order valence-corrected chi connectivity index (χ3v) is 13.5. The number of rotatable bonds is 7. The summed E-state index contributed by atoms with van der Waals surface area (Å²) < 4.78 is 0. The molecule has 11 rings (SSSR count). The second kappa shape index (κ2) is 15.1. The minimum Gasteiger partial charge on any atom is -0.208 e. The largest absolute Gasteiger partial charge is 0.208 e. The lowest BCUT2D eigenvalue weighted by Gasteiger charge is -2.38. The SMILES string of the molecule is CC1(c2ccc(-c3c4ccccc4c(-c4nc(-c5ccc(C#N)cc5)nc(-c5cc(-c6ccccc6)cc(-c6ccccc6)c5)n4)c4ccccc34)cc2)C[C@@H]2CC[C@@H](C2)C1. The van der Waals surface area contributed by atoms with Crippen molar-refractivity contribution >= 4 is 21.5 Å². The van der Waals surface area contributed by atoms with E-state index >= 15 is 0 Å². The van der Waals surface area contributed by atoms with Crippen LogP contribution in [0.3, 0.4) is 0 Å². The van der Waals surface area contributed by atoms with Gasteiger partial charge in [-0.25, -0.2) is 15.0 Å². The van der Waals surface area contributed by atoms with Crippen molar-refractivity contribution in [2.24, 2.45) is 11.8 Å². The molecule has 4 nitrogen and oxygen atoms in total. The molecule has 2 aliphatic rings. The minimum atomic E-state index is 0.238. The van der Waals surface area contributed by atoms with Gasteiger partial charge in [0.05, 0.1) is 11.6 Å². The zero-order valence-corrected chi connectivity index (χ0v) is 34.2. The third kappa shape index (κ3) is 6.77. The van der Waals surface area contributed by atoms with E-state index < -0.39 is 0 Å². The van der Waals surface area contributed by atoms with Gasteiger partial charge in [0.15, 0.2) is 17.5 Å². The summed E-state index contributed by atoms with van der Waals surface area (Å²) in [6, 6.07) is 64.3. The van der Waals surface area contributed by atoms with Crippen molar-refractivity contribution in [1.29, 1.82) is 5.26 Å². The molecule has 8 aromatic carbocycles. The van der Waals surface area contributed by atoms with Crippen LogP contribution in [0.5, 0.6) is 0 Å². The van der Waals surface area contributed by atoms with Crippen LogP contribution in [-0.4, -0.2) is 15.0 Å². The van der Waals surface area contributed by atoms with Crippen molar-refractivity contribution in [2.75, 3.05) is 0 Å². The predicted molar refractivity (Wildman–Crippen MR) is 250 cm³/mol. The number of aromatic nitrogens is 3. The van der Waals surface area contributed by atoms with Crippen molar-refractivity contribution in [2.45, 2.75) is 44.4 Å². The maximum atomic E-state index is 9.64. The summed E-state index contributed by atoms with van der Waals surface area (Å²) in [5, 5.41) is 14.1. The molecule has 1 aromatic heterocycles. The highest BCUT2D eigenvalue weighted by Gasteiger charge is 2.41. The van der Waals surface area contributed by atoms with Gasteiger partial charge >= 0.3 is 0 Å². The van der Waals surface area contributed by atoms with Crippen molar-refractivity contribution in [3.8, 4) is 73.6 Å². The van der Waals surface area contributed by atoms with Gasteiger partial charge < -0.3 is 0 Å². The van der Waals surface area contributed by atoms with Gasteiger partial charge in [-0.15, -0.1) is 0 Å². The quantitative estimate of drug-likeness (QED) is 0.151. The number of fused-ring (bicyclic) bond motifs is 4. The van der Waals surface area contributed by atoms with E-state index in [-0.39, 0.29) is 5.41 Å². The molecule has 0 saturated heterocycles. The molecule has 2 fully saturated rings. The van der Waals surface area contributed by atoms with Gasteiger partial charge in [0, 0.05) is 16.7 Å². The summed E-state index contributed by atoms with van der Waals surface area (Å²) in [6.45, 7) is 2.50. The van der Waals surface area contributed by atoms with Crippen LogP contribution in [-0.2, 0) is 5.41 Å². The maximum Gasteiger partial charge on any atom is 0.165 e. The number of benzene rings is 8. The average Bonchev–Trinajstić information content (AvgIpc) is 3.68. The molecule has 61 heavy (non-hydrogen) atoms. The van der Waals surface area contributed by atoms with Crippen LogP contribution in [0.15, 0.2) is 176 Å². The first-order valence-electron chi connectivity index (χ1n) is 21.6. The van der Waals surface area contributed by atoms with Gasteiger partial charge in [0.25, 0.3) is 0 Å². The van der Waals surface area contributed by atoms with E-state index in [0.29, 0.717) is 23.0 Å². The Morgan fingerprint density at radius 2 is 0.885 bits per heavy atom. The molecule has 0 amide bonds. The monoisotopic (exact) mass is 784 g/mol. The molecule has 3 atom stereocenters. The third-order valence-electron chi connectivity index (χ3n) is 13.5. The van der Waals surface area contributed by atoms with Gasteiger partial charge in [0.1, 0.15) is 0 Å². The van der Waals surface area contributed by atoms with E-state index in [1.807, 2.05) is 36.4 Å². The van der Waals surface area contributed by atoms with Crippen LogP contribution in [0.4, 0.5) is 0 Å². The standard InChI is InChI=1S/C57H44N4/c1-57(34-38-20-21-39(30-38)35-57)47-28-26-42(27-29-47)52-48-16-8-10-18-50(48)53(51-19-11-9-17-49(51)52)56-60-54(43-24-22-37(36-58)23-25-43)59-55(61-56)46-32-44(40-12-4-2-5-13-40)31-45(33-46)41-14-6-3-7-15-41/h2-19,22-29,31-33,38-39H,20-21,30,34-35H2,1H3/t38-,39+,57?. The number of nitriles is 1. The molecule has 0 aliphatic heterocycles. The lowest BCUT2D eigenvalue weighted by atomic mass is 9.66. The Morgan fingerprint density at radius 1 is 0.443 bits per heavy atom. The summed E-state index contributed by atoms with van der Waals surface area (Å²) in [7, 11) is 0.